The van der Waals surface area contributed by atoms with Gasteiger partial charge in [0.15, 0.2) is 0 Å². The zero-order valence-electron chi connectivity index (χ0n) is 16.4. The Labute approximate surface area is 170 Å². The molecule has 0 saturated heterocycles. The first-order valence-corrected chi connectivity index (χ1v) is 10.8. The second-order valence-corrected chi connectivity index (χ2v) is 9.11. The maximum atomic E-state index is 12.9. The summed E-state index contributed by atoms with van der Waals surface area (Å²) in [6.45, 7) is 2.04. The summed E-state index contributed by atoms with van der Waals surface area (Å²) in [5.74, 6) is -0.599. The van der Waals surface area contributed by atoms with E-state index in [1.165, 1.54) is 35.6 Å². The van der Waals surface area contributed by atoms with Gasteiger partial charge in [0.25, 0.3) is 15.9 Å². The Balaban J connectivity index is 1.67. The molecule has 29 heavy (non-hydrogen) atoms. The number of ether oxygens (including phenoxy) is 1. The summed E-state index contributed by atoms with van der Waals surface area (Å²) in [5.41, 5.74) is 1.69. The molecule has 0 bridgehead atoms. The molecule has 2 aromatic rings. The maximum Gasteiger partial charge on any atom is 0.325 e. The first-order chi connectivity index (χ1) is 13.8. The Morgan fingerprint density at radius 2 is 1.83 bits per heavy atom. The van der Waals surface area contributed by atoms with Crippen LogP contribution in [0.5, 0.6) is 0 Å². The lowest BCUT2D eigenvalue weighted by Crippen LogP contribution is -2.31. The Morgan fingerprint density at radius 3 is 2.48 bits per heavy atom. The van der Waals surface area contributed by atoms with Crippen LogP contribution in [0.4, 0.5) is 5.69 Å². The van der Waals surface area contributed by atoms with E-state index in [-0.39, 0.29) is 17.0 Å². The molecule has 0 aromatic heterocycles. The van der Waals surface area contributed by atoms with Gasteiger partial charge in [0.2, 0.25) is 0 Å². The van der Waals surface area contributed by atoms with E-state index < -0.39 is 21.9 Å². The molecule has 0 heterocycles. The van der Waals surface area contributed by atoms with E-state index in [0.29, 0.717) is 18.2 Å². The summed E-state index contributed by atoms with van der Waals surface area (Å²) >= 11 is 0. The van der Waals surface area contributed by atoms with Crippen molar-refractivity contribution < 1.29 is 22.7 Å². The van der Waals surface area contributed by atoms with Gasteiger partial charge in [-0.3, -0.25) is 13.9 Å². The summed E-state index contributed by atoms with van der Waals surface area (Å²) in [5, 5.41) is 2.47. The van der Waals surface area contributed by atoms with Crippen LogP contribution in [0.3, 0.4) is 0 Å². The summed E-state index contributed by atoms with van der Waals surface area (Å²) in [4.78, 5) is 24.0. The predicted octanol–water partition coefficient (Wildman–Crippen LogP) is 2.50. The summed E-state index contributed by atoms with van der Waals surface area (Å²) in [6.07, 6.45) is 2.13. The van der Waals surface area contributed by atoms with E-state index in [1.807, 2.05) is 19.1 Å². The molecule has 2 aromatic carbocycles. The largest absolute Gasteiger partial charge is 0.464 e. The lowest BCUT2D eigenvalue weighted by molar-refractivity contribution is -0.142. The number of hydrogen-bond acceptors (Lipinski definition) is 5. The van der Waals surface area contributed by atoms with Crippen LogP contribution in [-0.4, -0.2) is 40.5 Å². The van der Waals surface area contributed by atoms with Gasteiger partial charge in [-0.25, -0.2) is 8.42 Å². The number of benzene rings is 2. The topological polar surface area (TPSA) is 92.8 Å². The van der Waals surface area contributed by atoms with Crippen LogP contribution in [0.2, 0.25) is 0 Å². The van der Waals surface area contributed by atoms with Crippen molar-refractivity contribution >= 4 is 27.6 Å². The molecule has 8 heteroatoms. The van der Waals surface area contributed by atoms with Crippen molar-refractivity contribution in [1.82, 2.24) is 5.32 Å². The molecule has 0 atom stereocenters. The molecular formula is C21H24N2O5S. The molecule has 0 spiro atoms. The Bertz CT molecular complexity index is 998. The van der Waals surface area contributed by atoms with Gasteiger partial charge in [0.1, 0.15) is 6.54 Å². The Hall–Kier alpha value is -2.87. The minimum atomic E-state index is -3.84. The van der Waals surface area contributed by atoms with Crippen LogP contribution in [0.1, 0.15) is 28.8 Å². The second kappa shape index (κ2) is 8.65. The van der Waals surface area contributed by atoms with Gasteiger partial charge in [-0.2, -0.15) is 0 Å². The molecule has 154 valence electrons. The highest BCUT2D eigenvalue weighted by atomic mass is 32.2. The first-order valence-electron chi connectivity index (χ1n) is 9.37. The van der Waals surface area contributed by atoms with Gasteiger partial charge in [-0.15, -0.1) is 0 Å². The van der Waals surface area contributed by atoms with Crippen LogP contribution < -0.4 is 9.62 Å². The van der Waals surface area contributed by atoms with Gasteiger partial charge in [-0.1, -0.05) is 23.8 Å². The van der Waals surface area contributed by atoms with E-state index >= 15 is 0 Å². The quantitative estimate of drug-likeness (QED) is 0.668. The highest BCUT2D eigenvalue weighted by Gasteiger charge is 2.24. The average molecular weight is 416 g/mol. The molecule has 0 radical (unpaired) electrons. The number of aryl methyl sites for hydroxylation is 1. The predicted molar refractivity (Wildman–Crippen MR) is 109 cm³/mol. The summed E-state index contributed by atoms with van der Waals surface area (Å²) in [7, 11) is -2.38. The zero-order valence-corrected chi connectivity index (χ0v) is 17.2. The number of anilines is 1. The van der Waals surface area contributed by atoms with E-state index in [2.05, 4.69) is 5.32 Å². The standard InChI is InChI=1S/C21H24N2O5S/c1-15-6-10-18(11-7-15)23(2)29(26,27)19-5-3-4-17(12-19)21(25)22-13-20(24)28-14-16-8-9-16/h3-7,10-12,16H,8-9,13-14H2,1-2H3,(H,22,25). The van der Waals surface area contributed by atoms with Crippen molar-refractivity contribution in [3.05, 3.63) is 59.7 Å². The smallest absolute Gasteiger partial charge is 0.325 e. The van der Waals surface area contributed by atoms with Gasteiger partial charge in [-0.05, 0) is 56.0 Å². The highest BCUT2D eigenvalue weighted by molar-refractivity contribution is 7.92. The number of sulfonamides is 1. The van der Waals surface area contributed by atoms with E-state index in [4.69, 9.17) is 4.74 Å². The lowest BCUT2D eigenvalue weighted by atomic mass is 10.2. The Morgan fingerprint density at radius 1 is 1.14 bits per heavy atom. The fourth-order valence-corrected chi connectivity index (χ4v) is 3.89. The van der Waals surface area contributed by atoms with Gasteiger partial charge in [0.05, 0.1) is 17.2 Å². The van der Waals surface area contributed by atoms with E-state index in [0.717, 1.165) is 18.4 Å². The van der Waals surface area contributed by atoms with Crippen molar-refractivity contribution in [2.24, 2.45) is 5.92 Å². The minimum Gasteiger partial charge on any atom is -0.464 e. The average Bonchev–Trinajstić information content (AvgIpc) is 3.55. The molecule has 3 rings (SSSR count). The second-order valence-electron chi connectivity index (χ2n) is 7.14. The van der Waals surface area contributed by atoms with Crippen molar-refractivity contribution in [3.63, 3.8) is 0 Å². The number of nitrogens with one attached hydrogen (secondary N) is 1. The molecule has 0 unspecified atom stereocenters. The fraction of sp³-hybridized carbons (Fsp3) is 0.333. The number of amides is 1. The third-order valence-electron chi connectivity index (χ3n) is 4.72. The number of esters is 1. The molecular weight excluding hydrogens is 392 g/mol. The number of nitrogens with zero attached hydrogens (tertiary/aromatic N) is 1. The van der Waals surface area contributed by atoms with Crippen molar-refractivity contribution in [3.8, 4) is 0 Å². The van der Waals surface area contributed by atoms with Crippen LogP contribution in [0.25, 0.3) is 0 Å². The summed E-state index contributed by atoms with van der Waals surface area (Å²) < 4.78 is 32.1. The molecule has 1 saturated carbocycles. The normalized spacial score (nSPS) is 13.6. The lowest BCUT2D eigenvalue weighted by Gasteiger charge is -2.20. The SMILES string of the molecule is Cc1ccc(N(C)S(=O)(=O)c2cccc(C(=O)NCC(=O)OCC3CC3)c2)cc1. The molecule has 1 aliphatic carbocycles. The monoisotopic (exact) mass is 416 g/mol. The fourth-order valence-electron chi connectivity index (χ4n) is 2.65. The molecule has 1 amide bonds. The van der Waals surface area contributed by atoms with Crippen LogP contribution in [-0.2, 0) is 19.6 Å². The van der Waals surface area contributed by atoms with E-state index in [1.54, 1.807) is 12.1 Å². The van der Waals surface area contributed by atoms with Crippen molar-refractivity contribution in [2.45, 2.75) is 24.7 Å². The molecule has 0 aliphatic heterocycles. The van der Waals surface area contributed by atoms with E-state index in [9.17, 15) is 18.0 Å². The van der Waals surface area contributed by atoms with Crippen LogP contribution in [0.15, 0.2) is 53.4 Å². The van der Waals surface area contributed by atoms with Crippen molar-refractivity contribution in [2.75, 3.05) is 24.5 Å². The molecule has 7 nitrogen and oxygen atoms in total. The third kappa shape index (κ3) is 5.35. The Kier molecular flexibility index (Phi) is 6.22. The third-order valence-corrected chi connectivity index (χ3v) is 6.50. The van der Waals surface area contributed by atoms with Gasteiger partial charge < -0.3 is 10.1 Å². The number of rotatable bonds is 8. The molecule has 1 aliphatic rings. The maximum absolute atomic E-state index is 12.9. The minimum absolute atomic E-state index is 0.00969. The molecule has 1 N–H and O–H groups in total. The molecule has 1 fully saturated rings. The summed E-state index contributed by atoms with van der Waals surface area (Å²) in [6, 6.07) is 12.8. The van der Waals surface area contributed by atoms with Crippen molar-refractivity contribution in [1.29, 1.82) is 0 Å². The number of carbonyl (C=O) groups excluding carboxylic acids is 2. The zero-order chi connectivity index (χ0) is 21.0. The van der Waals surface area contributed by atoms with Crippen LogP contribution in [0, 0.1) is 12.8 Å². The highest BCUT2D eigenvalue weighted by Crippen LogP contribution is 2.28. The number of hydrogen-bond donors (Lipinski definition) is 1. The van der Waals surface area contributed by atoms with Gasteiger partial charge in [0, 0.05) is 12.6 Å². The van der Waals surface area contributed by atoms with Crippen LogP contribution >= 0.6 is 0 Å². The first kappa shape index (κ1) is 20.9. The van der Waals surface area contributed by atoms with Gasteiger partial charge >= 0.3 is 5.97 Å². The number of carbonyl (C=O) groups is 2.